The third-order valence-corrected chi connectivity index (χ3v) is 3.74. The lowest BCUT2D eigenvalue weighted by molar-refractivity contribution is -0.137. The highest BCUT2D eigenvalue weighted by molar-refractivity contribution is 5.93. The summed E-state index contributed by atoms with van der Waals surface area (Å²) in [6.45, 7) is 5.35. The third-order valence-electron chi connectivity index (χ3n) is 3.74. The van der Waals surface area contributed by atoms with Crippen molar-refractivity contribution in [3.8, 4) is 11.3 Å². The van der Waals surface area contributed by atoms with E-state index >= 15 is 0 Å². The second-order valence-electron chi connectivity index (χ2n) is 6.77. The van der Waals surface area contributed by atoms with E-state index in [2.05, 4.69) is 4.98 Å². The van der Waals surface area contributed by atoms with Gasteiger partial charge in [0, 0.05) is 12.1 Å². The van der Waals surface area contributed by atoms with E-state index < -0.39 is 23.4 Å². The van der Waals surface area contributed by atoms with Crippen LogP contribution >= 0.6 is 0 Å². The minimum atomic E-state index is -4.55. The van der Waals surface area contributed by atoms with Gasteiger partial charge >= 0.3 is 12.3 Å². The van der Waals surface area contributed by atoms with Crippen molar-refractivity contribution in [3.05, 3.63) is 35.9 Å². The summed E-state index contributed by atoms with van der Waals surface area (Å²) in [4.78, 5) is 17.4. The zero-order valence-electron chi connectivity index (χ0n) is 14.0. The molecule has 1 aromatic carbocycles. The molecule has 8 heteroatoms. The molecule has 2 aromatic rings. The van der Waals surface area contributed by atoms with Crippen LogP contribution in [-0.2, 0) is 17.3 Å². The van der Waals surface area contributed by atoms with Gasteiger partial charge in [-0.1, -0.05) is 0 Å². The van der Waals surface area contributed by atoms with Crippen LogP contribution in [0.5, 0.6) is 0 Å². The minimum absolute atomic E-state index is 0.190. The number of alkyl halides is 3. The number of carbonyl (C=O) groups is 1. The van der Waals surface area contributed by atoms with E-state index in [4.69, 9.17) is 9.15 Å². The lowest BCUT2D eigenvalue weighted by Gasteiger charge is -2.25. The van der Waals surface area contributed by atoms with Gasteiger partial charge in [0.05, 0.1) is 17.4 Å². The largest absolute Gasteiger partial charge is 0.444 e. The number of hydrogen-bond acceptors (Lipinski definition) is 4. The Kier molecular flexibility index (Phi) is 4.01. The number of carbonyl (C=O) groups excluding carboxylic acids is 1. The number of oxazole rings is 1. The molecule has 0 aliphatic carbocycles. The van der Waals surface area contributed by atoms with Gasteiger partial charge in [-0.15, -0.1) is 0 Å². The summed E-state index contributed by atoms with van der Waals surface area (Å²) in [6, 6.07) is 2.00. The summed E-state index contributed by atoms with van der Waals surface area (Å²) < 4.78 is 50.4. The molecule has 0 fully saturated rings. The Morgan fingerprint density at radius 2 is 2.00 bits per heavy atom. The normalized spacial score (nSPS) is 14.6. The lowest BCUT2D eigenvalue weighted by atomic mass is 9.99. The highest BCUT2D eigenvalue weighted by atomic mass is 19.4. The molecule has 1 aromatic heterocycles. The van der Waals surface area contributed by atoms with Gasteiger partial charge in [-0.25, -0.2) is 9.78 Å². The molecular weight excluding hydrogens is 337 g/mol. The molecule has 1 aliphatic rings. The molecule has 0 bridgehead atoms. The van der Waals surface area contributed by atoms with Crippen molar-refractivity contribution < 1.29 is 27.1 Å². The number of hydrogen-bond donors (Lipinski definition) is 0. The Hall–Kier alpha value is -2.51. The van der Waals surface area contributed by atoms with Crippen LogP contribution in [0.4, 0.5) is 23.7 Å². The van der Waals surface area contributed by atoms with E-state index in [-0.39, 0.29) is 23.6 Å². The van der Waals surface area contributed by atoms with Gasteiger partial charge in [0.25, 0.3) is 0 Å². The third kappa shape index (κ3) is 3.47. The van der Waals surface area contributed by atoms with Gasteiger partial charge in [0.15, 0.2) is 12.2 Å². The van der Waals surface area contributed by atoms with Crippen molar-refractivity contribution >= 4 is 11.8 Å². The van der Waals surface area contributed by atoms with Crippen LogP contribution in [0.15, 0.2) is 29.1 Å². The van der Waals surface area contributed by atoms with Gasteiger partial charge < -0.3 is 9.15 Å². The monoisotopic (exact) mass is 354 g/mol. The minimum Gasteiger partial charge on any atom is -0.444 e. The molecule has 0 unspecified atom stereocenters. The highest BCUT2D eigenvalue weighted by Crippen LogP contribution is 2.42. The summed E-state index contributed by atoms with van der Waals surface area (Å²) in [5.41, 5.74) is -0.512. The maximum atomic E-state index is 13.3. The van der Waals surface area contributed by atoms with E-state index in [1.807, 2.05) is 0 Å². The Morgan fingerprint density at radius 3 is 2.56 bits per heavy atom. The van der Waals surface area contributed by atoms with Crippen LogP contribution in [-0.4, -0.2) is 23.2 Å². The summed E-state index contributed by atoms with van der Waals surface area (Å²) in [5, 5.41) is 0. The first-order chi connectivity index (χ1) is 11.6. The molecule has 0 atom stereocenters. The van der Waals surface area contributed by atoms with E-state index in [9.17, 15) is 18.0 Å². The number of aromatic nitrogens is 1. The van der Waals surface area contributed by atoms with Gasteiger partial charge in [-0.2, -0.15) is 13.2 Å². The second-order valence-corrected chi connectivity index (χ2v) is 6.77. The van der Waals surface area contributed by atoms with Gasteiger partial charge in [0.2, 0.25) is 0 Å². The van der Waals surface area contributed by atoms with Crippen LogP contribution in [0.2, 0.25) is 0 Å². The molecule has 5 nitrogen and oxygen atoms in total. The molecule has 1 aliphatic heterocycles. The zero-order valence-corrected chi connectivity index (χ0v) is 14.0. The molecule has 0 spiro atoms. The van der Waals surface area contributed by atoms with Gasteiger partial charge in [-0.3, -0.25) is 4.90 Å². The van der Waals surface area contributed by atoms with Gasteiger partial charge in [-0.05, 0) is 44.9 Å². The van der Waals surface area contributed by atoms with Crippen molar-refractivity contribution in [1.29, 1.82) is 0 Å². The van der Waals surface area contributed by atoms with Crippen molar-refractivity contribution in [2.45, 2.75) is 39.0 Å². The van der Waals surface area contributed by atoms with Crippen LogP contribution in [0.3, 0.4) is 0 Å². The number of fused-ring (bicyclic) bond motifs is 1. The van der Waals surface area contributed by atoms with E-state index in [0.29, 0.717) is 12.0 Å². The Balaban J connectivity index is 2.10. The molecule has 3 rings (SSSR count). The number of anilines is 1. The van der Waals surface area contributed by atoms with Crippen molar-refractivity contribution in [2.24, 2.45) is 0 Å². The number of halogens is 3. The quantitative estimate of drug-likeness (QED) is 0.747. The number of benzene rings is 1. The topological polar surface area (TPSA) is 55.6 Å². The predicted octanol–water partition coefficient (Wildman–Crippen LogP) is 4.66. The molecule has 134 valence electrons. The molecule has 0 saturated carbocycles. The first-order valence-electron chi connectivity index (χ1n) is 7.70. The van der Waals surface area contributed by atoms with Crippen molar-refractivity contribution in [2.75, 3.05) is 11.4 Å². The first-order valence-corrected chi connectivity index (χ1v) is 7.70. The average molecular weight is 354 g/mol. The summed E-state index contributed by atoms with van der Waals surface area (Å²) >= 11 is 0. The SMILES string of the molecule is CC(C)(C)OC(=O)N1CCc2c(-c3cnco3)cc(C(F)(F)F)cc21. The predicted molar refractivity (Wildman–Crippen MR) is 84.2 cm³/mol. The second kappa shape index (κ2) is 5.79. The van der Waals surface area contributed by atoms with Crippen LogP contribution in [0.25, 0.3) is 11.3 Å². The van der Waals surface area contributed by atoms with E-state index in [0.717, 1.165) is 18.5 Å². The van der Waals surface area contributed by atoms with Crippen molar-refractivity contribution in [1.82, 2.24) is 4.98 Å². The summed E-state index contributed by atoms with van der Waals surface area (Å²) in [6.07, 6.45) is -2.31. The lowest BCUT2D eigenvalue weighted by Crippen LogP contribution is -2.35. The van der Waals surface area contributed by atoms with Crippen LogP contribution < -0.4 is 4.90 Å². The van der Waals surface area contributed by atoms with E-state index in [1.54, 1.807) is 20.8 Å². The van der Waals surface area contributed by atoms with E-state index in [1.165, 1.54) is 11.1 Å². The molecular formula is C17H17F3N2O3. The molecule has 1 amide bonds. The molecule has 2 heterocycles. The van der Waals surface area contributed by atoms with Crippen LogP contribution in [0.1, 0.15) is 31.9 Å². The molecule has 0 N–H and O–H groups in total. The van der Waals surface area contributed by atoms with Gasteiger partial charge in [0.1, 0.15) is 5.60 Å². The maximum absolute atomic E-state index is 13.3. The van der Waals surface area contributed by atoms with Crippen molar-refractivity contribution in [3.63, 3.8) is 0 Å². The van der Waals surface area contributed by atoms with Crippen LogP contribution in [0, 0.1) is 0 Å². The zero-order chi connectivity index (χ0) is 18.4. The number of ether oxygens (including phenoxy) is 1. The highest BCUT2D eigenvalue weighted by Gasteiger charge is 2.37. The Labute approximate surface area is 142 Å². The molecule has 0 radical (unpaired) electrons. The standard InChI is InChI=1S/C17H17F3N2O3/c1-16(2,3)25-15(23)22-5-4-11-12(14-8-21-9-24-14)6-10(7-13(11)22)17(18,19)20/h6-9H,4-5H2,1-3H3. The summed E-state index contributed by atoms with van der Waals surface area (Å²) in [7, 11) is 0. The maximum Gasteiger partial charge on any atom is 0.416 e. The molecule has 25 heavy (non-hydrogen) atoms. The number of nitrogens with zero attached hydrogens (tertiary/aromatic N) is 2. The smallest absolute Gasteiger partial charge is 0.416 e. The summed E-state index contributed by atoms with van der Waals surface area (Å²) in [5.74, 6) is 0.230. The molecule has 0 saturated heterocycles. The number of amides is 1. The fourth-order valence-electron chi connectivity index (χ4n) is 2.74. The number of rotatable bonds is 1. The Bertz CT molecular complexity index is 793. The average Bonchev–Trinajstić information content (AvgIpc) is 3.13. The Morgan fingerprint density at radius 1 is 1.28 bits per heavy atom. The fraction of sp³-hybridized carbons (Fsp3) is 0.412. The first kappa shape index (κ1) is 17.3. The fourth-order valence-corrected chi connectivity index (χ4v) is 2.74.